The molecule has 1 aliphatic rings. The molecule has 0 fully saturated rings. The SMILES string of the molecule is COc1cc2c(cc1OCc1ccccc1)CCNC2/C=C/c1cnnc2c1ccn2C. The Morgan fingerprint density at radius 3 is 2.88 bits per heavy atom. The first-order chi connectivity index (χ1) is 15.7. The predicted molar refractivity (Wildman–Crippen MR) is 126 cm³/mol. The molecule has 0 radical (unpaired) electrons. The highest BCUT2D eigenvalue weighted by Crippen LogP contribution is 2.36. The first kappa shape index (κ1) is 20.3. The summed E-state index contributed by atoms with van der Waals surface area (Å²) >= 11 is 0. The van der Waals surface area contributed by atoms with E-state index in [2.05, 4.69) is 58.0 Å². The molecule has 1 atom stereocenters. The van der Waals surface area contributed by atoms with E-state index in [1.54, 1.807) is 7.11 Å². The number of hydrogen-bond acceptors (Lipinski definition) is 5. The van der Waals surface area contributed by atoms with Crippen molar-refractivity contribution in [3.05, 3.63) is 89.3 Å². The van der Waals surface area contributed by atoms with E-state index in [-0.39, 0.29) is 6.04 Å². The summed E-state index contributed by atoms with van der Waals surface area (Å²) in [5.74, 6) is 1.53. The first-order valence-corrected chi connectivity index (χ1v) is 10.8. The quantitative estimate of drug-likeness (QED) is 0.493. The monoisotopic (exact) mass is 426 g/mol. The third-order valence-electron chi connectivity index (χ3n) is 5.92. The summed E-state index contributed by atoms with van der Waals surface area (Å²) in [6.07, 6.45) is 9.07. The molecule has 6 heteroatoms. The van der Waals surface area contributed by atoms with Gasteiger partial charge in [-0.2, -0.15) is 5.10 Å². The molecule has 0 bridgehead atoms. The molecular weight excluding hydrogens is 400 g/mol. The van der Waals surface area contributed by atoms with Gasteiger partial charge in [-0.3, -0.25) is 0 Å². The van der Waals surface area contributed by atoms with Gasteiger partial charge in [0.15, 0.2) is 17.1 Å². The molecule has 0 saturated heterocycles. The minimum Gasteiger partial charge on any atom is -0.493 e. The van der Waals surface area contributed by atoms with Crippen LogP contribution in [-0.4, -0.2) is 28.4 Å². The number of aromatic nitrogens is 3. The zero-order valence-electron chi connectivity index (χ0n) is 18.3. The summed E-state index contributed by atoms with van der Waals surface area (Å²) in [7, 11) is 3.67. The van der Waals surface area contributed by atoms with Crippen LogP contribution >= 0.6 is 0 Å². The van der Waals surface area contributed by atoms with Crippen molar-refractivity contribution in [2.24, 2.45) is 7.05 Å². The van der Waals surface area contributed by atoms with Crippen LogP contribution in [0.1, 0.15) is 28.3 Å². The van der Waals surface area contributed by atoms with Crippen molar-refractivity contribution < 1.29 is 9.47 Å². The number of hydrogen-bond donors (Lipinski definition) is 1. The first-order valence-electron chi connectivity index (χ1n) is 10.8. The van der Waals surface area contributed by atoms with Crippen molar-refractivity contribution in [1.82, 2.24) is 20.1 Å². The Hall–Kier alpha value is -3.64. The molecule has 1 aliphatic heterocycles. The number of ether oxygens (including phenoxy) is 2. The van der Waals surface area contributed by atoms with Gasteiger partial charge >= 0.3 is 0 Å². The highest BCUT2D eigenvalue weighted by molar-refractivity contribution is 5.85. The third kappa shape index (κ3) is 3.97. The van der Waals surface area contributed by atoms with Crippen LogP contribution < -0.4 is 14.8 Å². The number of fused-ring (bicyclic) bond motifs is 2. The largest absolute Gasteiger partial charge is 0.493 e. The minimum absolute atomic E-state index is 0.0859. The highest BCUT2D eigenvalue weighted by atomic mass is 16.5. The van der Waals surface area contributed by atoms with Gasteiger partial charge in [0, 0.05) is 30.7 Å². The van der Waals surface area contributed by atoms with Crippen LogP contribution in [0.2, 0.25) is 0 Å². The molecule has 32 heavy (non-hydrogen) atoms. The molecule has 0 saturated carbocycles. The standard InChI is InChI=1S/C26H26N4O2/c1-30-13-11-21-20(16-28-29-26(21)30)8-9-23-22-15-24(31-2)25(14-19(22)10-12-27-23)32-17-18-6-4-3-5-7-18/h3-9,11,13-16,23,27H,10,12,17H2,1-2H3/b9-8+. The molecule has 3 heterocycles. The Kier molecular flexibility index (Phi) is 5.60. The van der Waals surface area contributed by atoms with Gasteiger partial charge in [-0.25, -0.2) is 0 Å². The smallest absolute Gasteiger partial charge is 0.162 e. The molecule has 5 rings (SSSR count). The fourth-order valence-electron chi connectivity index (χ4n) is 4.19. The normalized spacial score (nSPS) is 15.8. The van der Waals surface area contributed by atoms with Crippen LogP contribution in [0.4, 0.5) is 0 Å². The summed E-state index contributed by atoms with van der Waals surface area (Å²) < 4.78 is 13.8. The Labute approximate surface area is 187 Å². The molecule has 1 N–H and O–H groups in total. The lowest BCUT2D eigenvalue weighted by Crippen LogP contribution is -2.28. The number of nitrogens with one attached hydrogen (secondary N) is 1. The van der Waals surface area contributed by atoms with Gasteiger partial charge in [-0.1, -0.05) is 42.5 Å². The average molecular weight is 427 g/mol. The maximum atomic E-state index is 6.11. The van der Waals surface area contributed by atoms with E-state index in [4.69, 9.17) is 9.47 Å². The number of nitrogens with zero attached hydrogens (tertiary/aromatic N) is 3. The van der Waals surface area contributed by atoms with E-state index in [9.17, 15) is 0 Å². The van der Waals surface area contributed by atoms with E-state index >= 15 is 0 Å². The number of benzene rings is 2. The second-order valence-corrected chi connectivity index (χ2v) is 7.98. The summed E-state index contributed by atoms with van der Waals surface area (Å²) in [5.41, 5.74) is 5.56. The zero-order chi connectivity index (χ0) is 21.9. The molecule has 2 aromatic heterocycles. The van der Waals surface area contributed by atoms with Gasteiger partial charge in [-0.15, -0.1) is 5.10 Å². The van der Waals surface area contributed by atoms with Crippen molar-refractivity contribution in [3.63, 3.8) is 0 Å². The number of rotatable bonds is 6. The van der Waals surface area contributed by atoms with Crippen molar-refractivity contribution >= 4 is 17.1 Å². The predicted octanol–water partition coefficient (Wildman–Crippen LogP) is 4.46. The van der Waals surface area contributed by atoms with E-state index < -0.39 is 0 Å². The van der Waals surface area contributed by atoms with Crippen LogP contribution in [0, 0.1) is 0 Å². The highest BCUT2D eigenvalue weighted by Gasteiger charge is 2.21. The third-order valence-corrected chi connectivity index (χ3v) is 5.92. The van der Waals surface area contributed by atoms with Gasteiger partial charge in [0.05, 0.1) is 19.3 Å². The summed E-state index contributed by atoms with van der Waals surface area (Å²) in [6.45, 7) is 1.42. The van der Waals surface area contributed by atoms with Crippen LogP contribution in [0.25, 0.3) is 17.1 Å². The summed E-state index contributed by atoms with van der Waals surface area (Å²) in [5, 5.41) is 13.1. The van der Waals surface area contributed by atoms with Gasteiger partial charge in [0.25, 0.3) is 0 Å². The molecule has 6 nitrogen and oxygen atoms in total. The Balaban J connectivity index is 1.42. The van der Waals surface area contributed by atoms with Gasteiger partial charge < -0.3 is 19.4 Å². The maximum absolute atomic E-state index is 6.11. The lowest BCUT2D eigenvalue weighted by atomic mass is 9.93. The maximum Gasteiger partial charge on any atom is 0.162 e. The van der Waals surface area contributed by atoms with Crippen LogP contribution in [0.5, 0.6) is 11.5 Å². The molecule has 0 spiro atoms. The average Bonchev–Trinajstić information content (AvgIpc) is 3.22. The Bertz CT molecular complexity index is 1260. The van der Waals surface area contributed by atoms with E-state index in [0.717, 1.165) is 46.6 Å². The molecule has 4 aromatic rings. The topological polar surface area (TPSA) is 61.2 Å². The van der Waals surface area contributed by atoms with Gasteiger partial charge in [0.1, 0.15) is 6.61 Å². The minimum atomic E-state index is 0.0859. The van der Waals surface area contributed by atoms with Crippen molar-refractivity contribution in [1.29, 1.82) is 0 Å². The molecular formula is C26H26N4O2. The van der Waals surface area contributed by atoms with Crippen molar-refractivity contribution in [2.45, 2.75) is 19.1 Å². The van der Waals surface area contributed by atoms with Gasteiger partial charge in [0.2, 0.25) is 0 Å². The summed E-state index contributed by atoms with van der Waals surface area (Å²) in [4.78, 5) is 0. The Morgan fingerprint density at radius 1 is 1.16 bits per heavy atom. The molecule has 162 valence electrons. The van der Waals surface area contributed by atoms with E-state index in [1.807, 2.05) is 42.2 Å². The Morgan fingerprint density at radius 2 is 2.03 bits per heavy atom. The lowest BCUT2D eigenvalue weighted by Gasteiger charge is -2.26. The fraction of sp³-hybridized carbons (Fsp3) is 0.231. The second-order valence-electron chi connectivity index (χ2n) is 7.98. The molecule has 0 aliphatic carbocycles. The van der Waals surface area contributed by atoms with E-state index in [1.165, 1.54) is 11.1 Å². The molecule has 0 amide bonds. The molecule has 2 aromatic carbocycles. The molecule has 1 unspecified atom stereocenters. The van der Waals surface area contributed by atoms with Crippen molar-refractivity contribution in [3.8, 4) is 11.5 Å². The second kappa shape index (κ2) is 8.85. The van der Waals surface area contributed by atoms with Gasteiger partial charge in [-0.05, 0) is 41.3 Å². The van der Waals surface area contributed by atoms with E-state index in [0.29, 0.717) is 6.61 Å². The summed E-state index contributed by atoms with van der Waals surface area (Å²) in [6, 6.07) is 16.6. The van der Waals surface area contributed by atoms with Crippen LogP contribution in [-0.2, 0) is 20.1 Å². The van der Waals surface area contributed by atoms with Crippen LogP contribution in [0.15, 0.2) is 67.0 Å². The lowest BCUT2D eigenvalue weighted by molar-refractivity contribution is 0.283. The van der Waals surface area contributed by atoms with Crippen molar-refractivity contribution in [2.75, 3.05) is 13.7 Å². The van der Waals surface area contributed by atoms with Crippen LogP contribution in [0.3, 0.4) is 0 Å². The fourth-order valence-corrected chi connectivity index (χ4v) is 4.19. The zero-order valence-corrected chi connectivity index (χ0v) is 18.3. The number of methoxy groups -OCH3 is 1. The number of aryl methyl sites for hydroxylation is 1.